The average molecular weight is 186 g/mol. The molecular weight excluding hydrogens is 183 g/mol. The van der Waals surface area contributed by atoms with Gasteiger partial charge in [-0.05, 0) is 0 Å². The van der Waals surface area contributed by atoms with Crippen LogP contribution in [0.2, 0.25) is 0 Å². The zero-order valence-electron chi connectivity index (χ0n) is 5.52. The van der Waals surface area contributed by atoms with E-state index in [0.29, 0.717) is 0 Å². The zero-order valence-corrected chi connectivity index (χ0v) is 5.52. The molecule has 1 atom stereocenters. The second kappa shape index (κ2) is 2.72. The summed E-state index contributed by atoms with van der Waals surface area (Å²) in [5, 5.41) is -0.747. The average Bonchev–Trinajstić information content (AvgIpc) is 1.92. The highest BCUT2D eigenvalue weighted by Gasteiger charge is 2.36. The molecule has 0 radical (unpaired) electrons. The Hall–Kier alpha value is -1.14. The molecular formula is C5H3F5N2. The smallest absolute Gasteiger partial charge is 0.235 e. The summed E-state index contributed by atoms with van der Waals surface area (Å²) in [5.41, 5.74) is -1.32. The van der Waals surface area contributed by atoms with E-state index in [1.54, 1.807) is 0 Å². The third-order valence-electron chi connectivity index (χ3n) is 1.13. The summed E-state index contributed by atoms with van der Waals surface area (Å²) in [4.78, 5) is 2.63. The molecule has 0 bridgehead atoms. The maximum atomic E-state index is 12.1. The summed E-state index contributed by atoms with van der Waals surface area (Å²) in [5.74, 6) is 0. The van der Waals surface area contributed by atoms with Crippen LogP contribution in [0.5, 0.6) is 0 Å². The van der Waals surface area contributed by atoms with Gasteiger partial charge >= 0.3 is 6.18 Å². The Morgan fingerprint density at radius 1 is 1.42 bits per heavy atom. The summed E-state index contributed by atoms with van der Waals surface area (Å²) in [6, 6.07) is 0. The summed E-state index contributed by atoms with van der Waals surface area (Å²) in [6.07, 6.45) is -6.82. The van der Waals surface area contributed by atoms with Gasteiger partial charge in [-0.1, -0.05) is 4.48 Å². The van der Waals surface area contributed by atoms with Crippen molar-refractivity contribution in [3.8, 4) is 0 Å². The molecule has 0 fully saturated rings. The minimum Gasteiger partial charge on any atom is -0.235 e. The zero-order chi connectivity index (χ0) is 9.35. The maximum Gasteiger partial charge on any atom is 0.419 e. The van der Waals surface area contributed by atoms with Crippen LogP contribution in [0.15, 0.2) is 16.8 Å². The van der Waals surface area contributed by atoms with Crippen molar-refractivity contribution in [2.45, 2.75) is 12.6 Å². The van der Waals surface area contributed by atoms with Gasteiger partial charge in [-0.2, -0.15) is 22.7 Å². The van der Waals surface area contributed by atoms with Gasteiger partial charge in [-0.25, -0.2) is 4.99 Å². The number of allylic oxidation sites excluding steroid dienone is 1. The molecule has 0 spiro atoms. The van der Waals surface area contributed by atoms with Crippen molar-refractivity contribution >= 4 is 6.21 Å². The highest BCUT2D eigenvalue weighted by Crippen LogP contribution is 2.27. The SMILES string of the molecule is FC1N=CC(C(F)(F)F)=CN1F. The van der Waals surface area contributed by atoms with Gasteiger partial charge in [0, 0.05) is 6.21 Å². The predicted molar refractivity (Wildman–Crippen MR) is 30.5 cm³/mol. The van der Waals surface area contributed by atoms with Crippen molar-refractivity contribution in [1.29, 1.82) is 0 Å². The van der Waals surface area contributed by atoms with E-state index in [0.717, 1.165) is 0 Å². The van der Waals surface area contributed by atoms with Crippen LogP contribution >= 0.6 is 0 Å². The number of aliphatic imine (C=N–C) groups is 1. The minimum atomic E-state index is -4.70. The lowest BCUT2D eigenvalue weighted by Gasteiger charge is -2.17. The molecule has 1 aliphatic heterocycles. The highest BCUT2D eigenvalue weighted by atomic mass is 19.4. The molecule has 68 valence electrons. The molecule has 12 heavy (non-hydrogen) atoms. The second-order valence-corrected chi connectivity index (χ2v) is 2.02. The Morgan fingerprint density at radius 3 is 2.42 bits per heavy atom. The number of nitrogens with zero attached hydrogens (tertiary/aromatic N) is 2. The van der Waals surface area contributed by atoms with Crippen molar-refractivity contribution in [2.24, 2.45) is 4.99 Å². The minimum absolute atomic E-state index is 0.0116. The van der Waals surface area contributed by atoms with Crippen LogP contribution < -0.4 is 0 Å². The summed E-state index contributed by atoms with van der Waals surface area (Å²) in [6.45, 7) is 0. The second-order valence-electron chi connectivity index (χ2n) is 2.02. The molecule has 0 aromatic heterocycles. The lowest BCUT2D eigenvalue weighted by molar-refractivity contribution is -0.0941. The van der Waals surface area contributed by atoms with Crippen molar-refractivity contribution in [1.82, 2.24) is 5.12 Å². The molecule has 0 amide bonds. The standard InChI is InChI=1S/C5H3F5N2/c6-4-11-1-3(2-12(4)10)5(7,8)9/h1-2,4H. The number of rotatable bonds is 0. The van der Waals surface area contributed by atoms with Gasteiger partial charge in [0.25, 0.3) is 6.42 Å². The molecule has 0 saturated heterocycles. The van der Waals surface area contributed by atoms with Crippen LogP contribution in [0.3, 0.4) is 0 Å². The normalized spacial score (nSPS) is 24.2. The number of hydrogen-bond donors (Lipinski definition) is 0. The first kappa shape index (κ1) is 8.95. The van der Waals surface area contributed by atoms with E-state index < -0.39 is 23.3 Å². The Labute approximate surface area is 63.9 Å². The van der Waals surface area contributed by atoms with Crippen LogP contribution in [0, 0.1) is 0 Å². The quantitative estimate of drug-likeness (QED) is 0.320. The monoisotopic (exact) mass is 186 g/mol. The molecule has 1 aliphatic rings. The fourth-order valence-corrected chi connectivity index (χ4v) is 0.580. The lowest BCUT2D eigenvalue weighted by atomic mass is 10.3. The van der Waals surface area contributed by atoms with Gasteiger partial charge in [0.15, 0.2) is 0 Å². The largest absolute Gasteiger partial charge is 0.419 e. The van der Waals surface area contributed by atoms with Crippen LogP contribution in [0.4, 0.5) is 22.0 Å². The van der Waals surface area contributed by atoms with Crippen molar-refractivity contribution in [3.63, 3.8) is 0 Å². The van der Waals surface area contributed by atoms with E-state index in [4.69, 9.17) is 0 Å². The van der Waals surface area contributed by atoms with E-state index in [1.165, 1.54) is 0 Å². The summed E-state index contributed by atoms with van der Waals surface area (Å²) >= 11 is 0. The molecule has 1 rings (SSSR count). The molecule has 0 saturated carbocycles. The fourth-order valence-electron chi connectivity index (χ4n) is 0.580. The molecule has 0 aliphatic carbocycles. The first-order chi connectivity index (χ1) is 5.41. The van der Waals surface area contributed by atoms with E-state index in [-0.39, 0.29) is 12.4 Å². The topological polar surface area (TPSA) is 15.6 Å². The summed E-state index contributed by atoms with van der Waals surface area (Å²) in [7, 11) is 0. The first-order valence-corrected chi connectivity index (χ1v) is 2.81. The molecule has 1 unspecified atom stereocenters. The molecule has 1 heterocycles. The van der Waals surface area contributed by atoms with Crippen LogP contribution in [-0.4, -0.2) is 23.9 Å². The Balaban J connectivity index is 2.84. The van der Waals surface area contributed by atoms with Crippen LogP contribution in [-0.2, 0) is 0 Å². The van der Waals surface area contributed by atoms with E-state index in [2.05, 4.69) is 4.99 Å². The van der Waals surface area contributed by atoms with Gasteiger partial charge in [-0.15, -0.1) is 0 Å². The number of halogens is 5. The van der Waals surface area contributed by atoms with Gasteiger partial charge < -0.3 is 0 Å². The van der Waals surface area contributed by atoms with Crippen LogP contribution in [0.1, 0.15) is 0 Å². The Bertz CT molecular complexity index is 230. The van der Waals surface area contributed by atoms with Gasteiger partial charge in [0.1, 0.15) is 0 Å². The van der Waals surface area contributed by atoms with E-state index in [9.17, 15) is 22.0 Å². The maximum absolute atomic E-state index is 12.1. The third-order valence-corrected chi connectivity index (χ3v) is 1.13. The van der Waals surface area contributed by atoms with Gasteiger partial charge in [0.05, 0.1) is 11.8 Å². The van der Waals surface area contributed by atoms with Crippen molar-refractivity contribution in [2.75, 3.05) is 0 Å². The highest BCUT2D eigenvalue weighted by molar-refractivity contribution is 5.80. The summed E-state index contributed by atoms with van der Waals surface area (Å²) < 4.78 is 59.5. The van der Waals surface area contributed by atoms with Crippen molar-refractivity contribution in [3.05, 3.63) is 11.8 Å². The first-order valence-electron chi connectivity index (χ1n) is 2.81. The number of alkyl halides is 4. The molecule has 2 nitrogen and oxygen atoms in total. The molecule has 7 heteroatoms. The lowest BCUT2D eigenvalue weighted by Crippen LogP contribution is -2.26. The van der Waals surface area contributed by atoms with Crippen LogP contribution in [0.25, 0.3) is 0 Å². The predicted octanol–water partition coefficient (Wildman–Crippen LogP) is 1.96. The van der Waals surface area contributed by atoms with Gasteiger partial charge in [0.2, 0.25) is 0 Å². The third kappa shape index (κ3) is 1.72. The van der Waals surface area contributed by atoms with E-state index in [1.807, 2.05) is 0 Å². The Kier molecular flexibility index (Phi) is 2.03. The van der Waals surface area contributed by atoms with Gasteiger partial charge in [-0.3, -0.25) is 0 Å². The number of hydrogen-bond acceptors (Lipinski definition) is 2. The fraction of sp³-hybridized carbons (Fsp3) is 0.400. The Morgan fingerprint density at radius 2 is 2.00 bits per heavy atom. The molecule has 0 aromatic rings. The molecule has 0 aromatic carbocycles. The van der Waals surface area contributed by atoms with E-state index >= 15 is 0 Å². The van der Waals surface area contributed by atoms with Crippen molar-refractivity contribution < 1.29 is 22.0 Å². The molecule has 0 N–H and O–H groups in total.